The predicted octanol–water partition coefficient (Wildman–Crippen LogP) is 5.00. The molecule has 9 heteroatoms. The molecular weight excluding hydrogens is 433 g/mol. The Morgan fingerprint density at radius 1 is 1.22 bits per heavy atom. The molecule has 0 saturated heterocycles. The van der Waals surface area contributed by atoms with Gasteiger partial charge in [-0.2, -0.15) is 5.10 Å². The van der Waals surface area contributed by atoms with E-state index in [1.54, 1.807) is 31.2 Å². The van der Waals surface area contributed by atoms with Crippen molar-refractivity contribution in [3.05, 3.63) is 52.7 Å². The Balaban J connectivity index is 1.96. The van der Waals surface area contributed by atoms with Gasteiger partial charge in [-0.1, -0.05) is 24.9 Å². The lowest BCUT2D eigenvalue weighted by Gasteiger charge is -2.11. The van der Waals surface area contributed by atoms with Crippen molar-refractivity contribution in [2.24, 2.45) is 0 Å². The minimum Gasteiger partial charge on any atom is -0.494 e. The van der Waals surface area contributed by atoms with E-state index in [9.17, 15) is 9.18 Å². The molecule has 166 valence electrons. The summed E-state index contributed by atoms with van der Waals surface area (Å²) >= 11 is 6.46. The maximum Gasteiger partial charge on any atom is 0.269 e. The van der Waals surface area contributed by atoms with Crippen molar-refractivity contribution in [2.75, 3.05) is 13.2 Å². The molecule has 0 aliphatic carbocycles. The van der Waals surface area contributed by atoms with E-state index in [1.807, 2.05) is 6.92 Å². The number of aryl methyl sites for hydroxylation is 1. The summed E-state index contributed by atoms with van der Waals surface area (Å²) in [6.45, 7) is 6.68. The number of ether oxygens (including phenoxy) is 1. The summed E-state index contributed by atoms with van der Waals surface area (Å²) in [5.41, 5.74) is 2.37. The summed E-state index contributed by atoms with van der Waals surface area (Å²) in [6, 6.07) is 7.79. The van der Waals surface area contributed by atoms with Crippen molar-refractivity contribution in [1.82, 2.24) is 25.1 Å². The standard InChI is InChI=1S/C23H23ClFN5O2/c1-4-6-11-32-14-7-8-15(25)18(12-14)30-21-19(13(3)29-30)22(24)28-16-9-10-17(27-20(16)21)23(31)26-5-2/h7-10,12H,4-6,11H2,1-3H3,(H,26,31). The number of hydrogen-bond donors (Lipinski definition) is 1. The normalized spacial score (nSPS) is 11.3. The van der Waals surface area contributed by atoms with Crippen LogP contribution in [-0.4, -0.2) is 38.8 Å². The molecule has 4 aromatic rings. The number of rotatable bonds is 7. The topological polar surface area (TPSA) is 81.9 Å². The fraction of sp³-hybridized carbons (Fsp3) is 0.304. The molecular formula is C23H23ClFN5O2. The van der Waals surface area contributed by atoms with Gasteiger partial charge in [0.1, 0.15) is 39.1 Å². The highest BCUT2D eigenvalue weighted by molar-refractivity contribution is 6.35. The first-order valence-corrected chi connectivity index (χ1v) is 10.9. The Labute approximate surface area is 189 Å². The molecule has 0 unspecified atom stereocenters. The number of aromatic nitrogens is 4. The number of unbranched alkanes of at least 4 members (excludes halogenated alkanes) is 1. The average Bonchev–Trinajstić information content (AvgIpc) is 3.13. The molecule has 1 amide bonds. The third-order valence-corrected chi connectivity index (χ3v) is 5.34. The van der Waals surface area contributed by atoms with Gasteiger partial charge in [-0.05, 0) is 44.5 Å². The molecule has 3 aromatic heterocycles. The number of fused-ring (bicyclic) bond motifs is 3. The Morgan fingerprint density at radius 2 is 2.03 bits per heavy atom. The number of benzene rings is 1. The molecule has 1 N–H and O–H groups in total. The maximum atomic E-state index is 14.9. The van der Waals surface area contributed by atoms with Gasteiger partial charge in [-0.25, -0.2) is 19.0 Å². The smallest absolute Gasteiger partial charge is 0.269 e. The Kier molecular flexibility index (Phi) is 6.23. The second-order valence-electron chi connectivity index (χ2n) is 7.36. The zero-order valence-corrected chi connectivity index (χ0v) is 18.8. The van der Waals surface area contributed by atoms with Gasteiger partial charge in [0.25, 0.3) is 5.91 Å². The zero-order chi connectivity index (χ0) is 22.8. The van der Waals surface area contributed by atoms with E-state index in [0.29, 0.717) is 46.5 Å². The molecule has 0 radical (unpaired) electrons. The van der Waals surface area contributed by atoms with E-state index in [1.165, 1.54) is 10.7 Å². The van der Waals surface area contributed by atoms with Gasteiger partial charge in [0, 0.05) is 12.6 Å². The monoisotopic (exact) mass is 455 g/mol. The molecule has 0 aliphatic rings. The Morgan fingerprint density at radius 3 is 2.78 bits per heavy atom. The van der Waals surface area contributed by atoms with E-state index in [0.717, 1.165) is 12.8 Å². The van der Waals surface area contributed by atoms with Gasteiger partial charge < -0.3 is 10.1 Å². The van der Waals surface area contributed by atoms with Crippen LogP contribution in [0.5, 0.6) is 5.75 Å². The van der Waals surface area contributed by atoms with Crippen LogP contribution in [0, 0.1) is 12.7 Å². The molecule has 7 nitrogen and oxygen atoms in total. The number of halogens is 2. The molecule has 32 heavy (non-hydrogen) atoms. The number of amides is 1. The number of pyridine rings is 2. The fourth-order valence-corrected chi connectivity index (χ4v) is 3.82. The minimum absolute atomic E-state index is 0.200. The molecule has 0 bridgehead atoms. The second kappa shape index (κ2) is 9.08. The van der Waals surface area contributed by atoms with Crippen LogP contribution in [0.2, 0.25) is 5.15 Å². The van der Waals surface area contributed by atoms with Gasteiger partial charge in [0.15, 0.2) is 0 Å². The van der Waals surface area contributed by atoms with Crippen molar-refractivity contribution in [2.45, 2.75) is 33.6 Å². The van der Waals surface area contributed by atoms with Crippen molar-refractivity contribution in [3.8, 4) is 11.4 Å². The SMILES string of the molecule is CCCCOc1ccc(F)c(-n2nc(C)c3c(Cl)nc4ccc(C(=O)NCC)nc4c32)c1. The summed E-state index contributed by atoms with van der Waals surface area (Å²) in [6.07, 6.45) is 1.89. The average molecular weight is 456 g/mol. The molecule has 3 heterocycles. The minimum atomic E-state index is -0.474. The van der Waals surface area contributed by atoms with Crippen molar-refractivity contribution >= 4 is 39.4 Å². The molecule has 0 spiro atoms. The van der Waals surface area contributed by atoms with E-state index in [-0.39, 0.29) is 22.4 Å². The van der Waals surface area contributed by atoms with Gasteiger partial charge >= 0.3 is 0 Å². The maximum absolute atomic E-state index is 14.9. The molecule has 0 saturated carbocycles. The summed E-state index contributed by atoms with van der Waals surface area (Å²) in [4.78, 5) is 21.3. The van der Waals surface area contributed by atoms with Gasteiger partial charge in [-0.3, -0.25) is 4.79 Å². The van der Waals surface area contributed by atoms with E-state index in [2.05, 4.69) is 27.3 Å². The lowest BCUT2D eigenvalue weighted by atomic mass is 10.2. The second-order valence-corrected chi connectivity index (χ2v) is 7.72. The fourth-order valence-electron chi connectivity index (χ4n) is 3.50. The van der Waals surface area contributed by atoms with Crippen LogP contribution in [0.1, 0.15) is 42.9 Å². The summed E-state index contributed by atoms with van der Waals surface area (Å²) in [5, 5.41) is 8.06. The van der Waals surface area contributed by atoms with Gasteiger partial charge in [0.2, 0.25) is 0 Å². The third kappa shape index (κ3) is 3.98. The van der Waals surface area contributed by atoms with E-state index >= 15 is 0 Å². The first-order chi connectivity index (χ1) is 15.4. The van der Waals surface area contributed by atoms with Crippen LogP contribution in [0.4, 0.5) is 4.39 Å². The Bertz CT molecular complexity index is 1320. The van der Waals surface area contributed by atoms with Crippen LogP contribution < -0.4 is 10.1 Å². The molecule has 0 atom stereocenters. The lowest BCUT2D eigenvalue weighted by molar-refractivity contribution is 0.0951. The summed E-state index contributed by atoms with van der Waals surface area (Å²) < 4.78 is 22.2. The van der Waals surface area contributed by atoms with E-state index < -0.39 is 5.82 Å². The molecule has 1 aromatic carbocycles. The highest BCUT2D eigenvalue weighted by Crippen LogP contribution is 2.33. The highest BCUT2D eigenvalue weighted by atomic mass is 35.5. The number of carbonyl (C=O) groups is 1. The summed E-state index contributed by atoms with van der Waals surface area (Å²) in [7, 11) is 0. The van der Waals surface area contributed by atoms with Crippen LogP contribution in [-0.2, 0) is 0 Å². The van der Waals surface area contributed by atoms with Crippen LogP contribution in [0.15, 0.2) is 30.3 Å². The number of hydrogen-bond acceptors (Lipinski definition) is 5. The van der Waals surface area contributed by atoms with Crippen LogP contribution in [0.3, 0.4) is 0 Å². The largest absolute Gasteiger partial charge is 0.494 e. The summed E-state index contributed by atoms with van der Waals surface area (Å²) in [5.74, 6) is -0.243. The zero-order valence-electron chi connectivity index (χ0n) is 18.1. The van der Waals surface area contributed by atoms with E-state index in [4.69, 9.17) is 16.3 Å². The number of nitrogens with one attached hydrogen (secondary N) is 1. The highest BCUT2D eigenvalue weighted by Gasteiger charge is 2.21. The van der Waals surface area contributed by atoms with Gasteiger partial charge in [-0.15, -0.1) is 0 Å². The van der Waals surface area contributed by atoms with Gasteiger partial charge in [0.05, 0.1) is 23.2 Å². The predicted molar refractivity (Wildman–Crippen MR) is 122 cm³/mol. The first-order valence-electron chi connectivity index (χ1n) is 10.5. The number of carbonyl (C=O) groups excluding carboxylic acids is 1. The Hall–Kier alpha value is -3.26. The molecule has 0 fully saturated rings. The first kappa shape index (κ1) is 22.0. The third-order valence-electron chi connectivity index (χ3n) is 5.07. The molecule has 0 aliphatic heterocycles. The van der Waals surface area contributed by atoms with Crippen molar-refractivity contribution in [3.63, 3.8) is 0 Å². The lowest BCUT2D eigenvalue weighted by Crippen LogP contribution is -2.23. The van der Waals surface area contributed by atoms with Crippen molar-refractivity contribution in [1.29, 1.82) is 0 Å². The number of nitrogens with zero attached hydrogens (tertiary/aromatic N) is 4. The van der Waals surface area contributed by atoms with Crippen LogP contribution >= 0.6 is 11.6 Å². The quantitative estimate of drug-likeness (QED) is 0.313. The molecule has 4 rings (SSSR count). The van der Waals surface area contributed by atoms with Crippen molar-refractivity contribution < 1.29 is 13.9 Å². The van der Waals surface area contributed by atoms with Crippen LogP contribution in [0.25, 0.3) is 27.6 Å².